The van der Waals surface area contributed by atoms with E-state index in [1.54, 1.807) is 42.5 Å². The van der Waals surface area contributed by atoms with Crippen LogP contribution in [0, 0.1) is 5.92 Å². The van der Waals surface area contributed by atoms with E-state index in [4.69, 9.17) is 18.5 Å². The Kier molecular flexibility index (Phi) is 26.8. The van der Waals surface area contributed by atoms with Gasteiger partial charge >= 0.3 is 8.25 Å². The van der Waals surface area contributed by atoms with Crippen LogP contribution < -0.4 is 35.8 Å². The first-order valence-electron chi connectivity index (χ1n) is 33.0. The van der Waals surface area contributed by atoms with Crippen molar-refractivity contribution in [3.05, 3.63) is 144 Å². The molecule has 8 rings (SSSR count). The van der Waals surface area contributed by atoms with Crippen LogP contribution >= 0.6 is 8.25 Å². The number of unbranched alkanes of at least 4 members (excludes halogenated alkanes) is 2. The fourth-order valence-electron chi connectivity index (χ4n) is 11.7. The van der Waals surface area contributed by atoms with E-state index in [1.165, 1.54) is 43.3 Å². The second kappa shape index (κ2) is 34.6. The van der Waals surface area contributed by atoms with Gasteiger partial charge in [0, 0.05) is 56.7 Å². The van der Waals surface area contributed by atoms with Gasteiger partial charge in [-0.15, -0.1) is 4.52 Å². The average Bonchev–Trinajstić information content (AvgIpc) is 1.61. The molecule has 3 aliphatic heterocycles. The molecule has 5 aromatic carbocycles. The summed E-state index contributed by atoms with van der Waals surface area (Å²) in [6, 6.07) is 24.7. The Labute approximate surface area is 571 Å². The first-order chi connectivity index (χ1) is 46.6. The zero-order valence-corrected chi connectivity index (χ0v) is 57.8. The Morgan fingerprint density at radius 2 is 1.19 bits per heavy atom. The molecule has 3 saturated heterocycles. The van der Waals surface area contributed by atoms with Crippen molar-refractivity contribution in [2.45, 2.75) is 177 Å². The number of carbonyl (C=O) groups is 7. The van der Waals surface area contributed by atoms with Crippen LogP contribution in [-0.2, 0) is 49.2 Å². The smallest absolute Gasteiger partial charge is 0.494 e. The molecule has 0 bridgehead atoms. The van der Waals surface area contributed by atoms with Gasteiger partial charge < -0.3 is 81.6 Å². The van der Waals surface area contributed by atoms with E-state index in [0.29, 0.717) is 12.7 Å². The van der Waals surface area contributed by atoms with Crippen LogP contribution in [0.15, 0.2) is 127 Å². The van der Waals surface area contributed by atoms with Gasteiger partial charge in [0.25, 0.3) is 5.91 Å². The molecule has 3 heterocycles. The third kappa shape index (κ3) is 20.1. The molecule has 3 fully saturated rings. The van der Waals surface area contributed by atoms with Gasteiger partial charge in [-0.3, -0.25) is 33.6 Å². The lowest BCUT2D eigenvalue weighted by Crippen LogP contribution is -2.64. The van der Waals surface area contributed by atoms with Crippen molar-refractivity contribution in [3.8, 4) is 33.8 Å². The van der Waals surface area contributed by atoms with Crippen LogP contribution in [0.2, 0.25) is 25.7 Å². The van der Waals surface area contributed by atoms with Crippen molar-refractivity contribution in [1.29, 1.82) is 0 Å². The molecule has 0 radical (unpaired) electrons. The average molecular weight is 1390 g/mol. The molecule has 0 aliphatic carbocycles. The van der Waals surface area contributed by atoms with Crippen LogP contribution in [0.4, 0.5) is 0 Å². The summed E-state index contributed by atoms with van der Waals surface area (Å²) in [5.41, 5.74) is 4.14. The number of hydrogen-bond donors (Lipinski definition) is 12. The molecule has 98 heavy (non-hydrogen) atoms. The monoisotopic (exact) mass is 1390 g/mol. The molecule has 0 aromatic heterocycles. The van der Waals surface area contributed by atoms with E-state index in [2.05, 4.69) is 33.5 Å². The van der Waals surface area contributed by atoms with E-state index < -0.39 is 168 Å². The zero-order valence-electron chi connectivity index (χ0n) is 55.9. The molecule has 3 aliphatic rings. The van der Waals surface area contributed by atoms with Crippen LogP contribution in [0.5, 0.6) is 11.5 Å². The first kappa shape index (κ1) is 75.7. The maximum atomic E-state index is 14.9. The number of fused-ring (bicyclic) bond motifs is 2. The van der Waals surface area contributed by atoms with Gasteiger partial charge in [-0.2, -0.15) is 0 Å². The highest BCUT2D eigenvalue weighted by atomic mass is 31.1. The van der Waals surface area contributed by atoms with Gasteiger partial charge in [-0.1, -0.05) is 137 Å². The van der Waals surface area contributed by atoms with Crippen molar-refractivity contribution < 1.29 is 92.4 Å². The number of ether oxygens (including phenoxy) is 2. The normalized spacial score (nSPS) is 25.2. The number of carbonyl (C=O) groups excluding carboxylic acids is 7. The minimum Gasteiger partial charge on any atom is -0.494 e. The van der Waals surface area contributed by atoms with Crippen molar-refractivity contribution in [2.24, 2.45) is 5.92 Å². The minimum atomic E-state index is -2.71. The van der Waals surface area contributed by atoms with E-state index in [-0.39, 0.29) is 36.6 Å². The maximum absolute atomic E-state index is 14.9. The first-order valence-corrected chi connectivity index (χ1v) is 37.8. The van der Waals surface area contributed by atoms with Crippen LogP contribution in [0.25, 0.3) is 22.3 Å². The number of aliphatic hydroxyl groups is 7. The van der Waals surface area contributed by atoms with Gasteiger partial charge in [-0.05, 0) is 96.1 Å². The SMILES string of the molecule is CCCCCOc1ccc(-c2ccc(-c3ccc(C(=O)NC4C[C@@H](O)[C@@H](OCC[Si](C)(C)C)NC(=O)[C@@H]5[C@@H](O)[C@@H](C)CN5C(=O)[C@H]([C@@H](C)O)NC(=O)[C@H]([C@H](O)[C@@H](O)c5ccc(O[P+](=O)OCc6ccccc6)cc5)NC(=O)[C@@H]5C[C@@H](O)CN5C(=O)[C@H]([C@@H](C)O)NC4=O)cc3)cc2)cc1. The van der Waals surface area contributed by atoms with Crippen LogP contribution in [-0.4, -0.2) is 200 Å². The Morgan fingerprint density at radius 1 is 0.643 bits per heavy atom. The lowest BCUT2D eigenvalue weighted by Gasteiger charge is -2.34. The Morgan fingerprint density at radius 3 is 1.78 bits per heavy atom. The number of nitrogens with one attached hydrogen (secondary N) is 5. The third-order valence-electron chi connectivity index (χ3n) is 17.5. The molecular weight excluding hydrogens is 1300 g/mol. The van der Waals surface area contributed by atoms with Gasteiger partial charge in [0.2, 0.25) is 35.4 Å². The topological polar surface area (TPSA) is 382 Å². The zero-order chi connectivity index (χ0) is 71.1. The molecular formula is C70H91N7O19PSi+. The summed E-state index contributed by atoms with van der Waals surface area (Å²) in [6.07, 6.45) is -12.9. The number of rotatable bonds is 23. The number of benzene rings is 5. The predicted molar refractivity (Wildman–Crippen MR) is 363 cm³/mol. The third-order valence-corrected chi connectivity index (χ3v) is 19.9. The molecule has 2 unspecified atom stereocenters. The van der Waals surface area contributed by atoms with Crippen LogP contribution in [0.1, 0.15) is 87.4 Å². The quantitative estimate of drug-likeness (QED) is 0.0250. The molecule has 26 nitrogen and oxygen atoms in total. The Bertz CT molecular complexity index is 3530. The van der Waals surface area contributed by atoms with E-state index in [9.17, 15) is 73.9 Å². The molecule has 5 aromatic rings. The number of aliphatic hydroxyl groups excluding tert-OH is 7. The summed E-state index contributed by atoms with van der Waals surface area (Å²) >= 11 is 0. The molecule has 7 amide bonds. The number of amides is 7. The maximum Gasteiger partial charge on any atom is 0.750 e. The fourth-order valence-corrected chi connectivity index (χ4v) is 13.1. The minimum absolute atomic E-state index is 0.000253. The molecule has 28 heteroatoms. The molecule has 0 spiro atoms. The fraction of sp³-hybridized carbons (Fsp3) is 0.471. The van der Waals surface area contributed by atoms with Crippen LogP contribution in [0.3, 0.4) is 0 Å². The Hall–Kier alpha value is -8.05. The number of nitrogens with zero attached hydrogens (tertiary/aromatic N) is 2. The van der Waals surface area contributed by atoms with Gasteiger partial charge in [0.05, 0.1) is 31.0 Å². The predicted octanol–water partition coefficient (Wildman–Crippen LogP) is 3.98. The Balaban J connectivity index is 1.10. The lowest BCUT2D eigenvalue weighted by atomic mass is 9.96. The molecule has 528 valence electrons. The highest BCUT2D eigenvalue weighted by Crippen LogP contribution is 2.33. The van der Waals surface area contributed by atoms with E-state index in [1.807, 2.05) is 68.2 Å². The van der Waals surface area contributed by atoms with Gasteiger partial charge in [0.1, 0.15) is 66.9 Å². The molecule has 16 atom stereocenters. The highest BCUT2D eigenvalue weighted by Gasteiger charge is 2.50. The molecule has 0 saturated carbocycles. The van der Waals surface area contributed by atoms with E-state index >= 15 is 0 Å². The van der Waals surface area contributed by atoms with Gasteiger partial charge in [-0.25, -0.2) is 4.52 Å². The second-order valence-electron chi connectivity index (χ2n) is 26.5. The molecule has 12 N–H and O–H groups in total. The second-order valence-corrected chi connectivity index (χ2v) is 33.0. The highest BCUT2D eigenvalue weighted by molar-refractivity contribution is 7.33. The summed E-state index contributed by atoms with van der Waals surface area (Å²) < 4.78 is 35.5. The van der Waals surface area contributed by atoms with Crippen molar-refractivity contribution >= 4 is 57.7 Å². The summed E-state index contributed by atoms with van der Waals surface area (Å²) in [5, 5.41) is 93.9. The largest absolute Gasteiger partial charge is 0.750 e. The lowest BCUT2D eigenvalue weighted by molar-refractivity contribution is -0.149. The van der Waals surface area contributed by atoms with Crippen molar-refractivity contribution in [3.63, 3.8) is 0 Å². The summed E-state index contributed by atoms with van der Waals surface area (Å²) in [5.74, 6) is -8.11. The van der Waals surface area contributed by atoms with E-state index in [0.717, 1.165) is 76.5 Å². The summed E-state index contributed by atoms with van der Waals surface area (Å²) in [4.78, 5) is 105. The standard InChI is InChI=1S/C70H90N7O19PSi/c1-8-9-13-32-93-51-28-24-47(25-29-51)45-18-16-44(17-19-45)46-20-22-49(23-21-46)63(85)71-53-36-55(81)68(94-33-34-98(5,6)7)75-67(89)59-60(82)40(2)37-77(59)70(91)57(42(4)79)73-66(88)58(74-65(87)54-35-50(80)38-76(54)69(90)56(41(3)78)72-64(53)86)62(84)61(83)48-26-30-52(31-27-48)96-97(92)95-39-43-14-11-10-12-15-43/h10-12,14-31,40-42,50,53-62,68,78-84H,8-9,13,32-39H2,1-7H3,(H4-,71,72,73,74,75,85,86,87,88,89)/p+1/t40-,41+,42+,50+,53?,54-,55+,56-,57-,58-,59-,60-,61-,62-,68+/m0/s1. The summed E-state index contributed by atoms with van der Waals surface area (Å²) in [7, 11) is -4.64. The number of hydrogen-bond acceptors (Lipinski definition) is 19. The summed E-state index contributed by atoms with van der Waals surface area (Å²) in [6.45, 7) is 11.6. The van der Waals surface area contributed by atoms with Crippen molar-refractivity contribution in [1.82, 2.24) is 36.4 Å². The van der Waals surface area contributed by atoms with Crippen molar-refractivity contribution in [2.75, 3.05) is 26.3 Å². The van der Waals surface area contributed by atoms with Gasteiger partial charge in [0.15, 0.2) is 12.0 Å².